The third-order valence-electron chi connectivity index (χ3n) is 3.72. The van der Waals surface area contributed by atoms with Gasteiger partial charge in [-0.25, -0.2) is 13.4 Å². The molecule has 3 aromatic rings. The van der Waals surface area contributed by atoms with Crippen molar-refractivity contribution in [2.24, 2.45) is 0 Å². The van der Waals surface area contributed by atoms with Crippen molar-refractivity contribution < 1.29 is 18.0 Å². The van der Waals surface area contributed by atoms with E-state index in [4.69, 9.17) is 0 Å². The molecule has 1 aromatic heterocycles. The molecule has 2 amide bonds. The number of aromatic nitrogens is 1. The number of aryl methyl sites for hydroxylation is 1. The molecule has 0 aliphatic rings. The summed E-state index contributed by atoms with van der Waals surface area (Å²) in [7, 11) is -3.79. The fourth-order valence-corrected chi connectivity index (χ4v) is 4.61. The van der Waals surface area contributed by atoms with Crippen molar-refractivity contribution in [1.82, 2.24) is 4.98 Å². The molecule has 0 spiro atoms. The first-order chi connectivity index (χ1) is 13.7. The van der Waals surface area contributed by atoms with Gasteiger partial charge in [0.2, 0.25) is 5.91 Å². The Kier molecular flexibility index (Phi) is 5.95. The van der Waals surface area contributed by atoms with Crippen molar-refractivity contribution in [3.63, 3.8) is 0 Å². The van der Waals surface area contributed by atoms with Crippen molar-refractivity contribution in [3.8, 4) is 0 Å². The summed E-state index contributed by atoms with van der Waals surface area (Å²) in [5.74, 6) is -0.646. The van der Waals surface area contributed by atoms with E-state index in [2.05, 4.69) is 20.3 Å². The van der Waals surface area contributed by atoms with E-state index in [9.17, 15) is 18.0 Å². The number of carbonyl (C=O) groups is 2. The highest BCUT2D eigenvalue weighted by Gasteiger charge is 2.20. The van der Waals surface area contributed by atoms with Crippen LogP contribution in [0.5, 0.6) is 0 Å². The van der Waals surface area contributed by atoms with Gasteiger partial charge in [-0.3, -0.25) is 14.3 Å². The smallest absolute Gasteiger partial charge is 0.267 e. The number of carbonyl (C=O) groups excluding carboxylic acids is 2. The first-order valence-electron chi connectivity index (χ1n) is 8.49. The summed E-state index contributed by atoms with van der Waals surface area (Å²) in [5.41, 5.74) is 1.43. The molecule has 0 saturated heterocycles. The van der Waals surface area contributed by atoms with Crippen molar-refractivity contribution in [2.75, 3.05) is 15.4 Å². The molecular weight excluding hydrogens is 412 g/mol. The minimum absolute atomic E-state index is 0.100. The third kappa shape index (κ3) is 5.18. The van der Waals surface area contributed by atoms with Gasteiger partial charge in [0, 0.05) is 18.3 Å². The van der Waals surface area contributed by atoms with Gasteiger partial charge in [0.15, 0.2) is 5.13 Å². The van der Waals surface area contributed by atoms with Gasteiger partial charge in [-0.15, -0.1) is 0 Å². The number of hydrogen-bond acceptors (Lipinski definition) is 6. The summed E-state index contributed by atoms with van der Waals surface area (Å²) in [5, 5.41) is 5.46. The van der Waals surface area contributed by atoms with Gasteiger partial charge >= 0.3 is 0 Å². The van der Waals surface area contributed by atoms with E-state index in [0.717, 1.165) is 11.3 Å². The summed E-state index contributed by atoms with van der Waals surface area (Å²) >= 11 is 0.940. The normalized spacial score (nSPS) is 11.0. The zero-order chi connectivity index (χ0) is 21.0. The fourth-order valence-electron chi connectivity index (χ4n) is 2.49. The average Bonchev–Trinajstić information content (AvgIpc) is 3.02. The van der Waals surface area contributed by atoms with Gasteiger partial charge in [-0.05, 0) is 37.3 Å². The summed E-state index contributed by atoms with van der Waals surface area (Å²) in [4.78, 5) is 28.3. The summed E-state index contributed by atoms with van der Waals surface area (Å²) in [6.07, 6.45) is 0. The Bertz CT molecular complexity index is 1160. The van der Waals surface area contributed by atoms with E-state index >= 15 is 0 Å². The van der Waals surface area contributed by atoms with Crippen LogP contribution >= 0.6 is 11.3 Å². The number of nitrogens with zero attached hydrogens (tertiary/aromatic N) is 1. The Hall–Kier alpha value is -3.24. The molecule has 29 heavy (non-hydrogen) atoms. The lowest BCUT2D eigenvalue weighted by Gasteiger charge is -2.07. The Morgan fingerprint density at radius 3 is 2.28 bits per heavy atom. The number of rotatable bonds is 6. The van der Waals surface area contributed by atoms with Crippen LogP contribution in [0.4, 0.5) is 16.5 Å². The van der Waals surface area contributed by atoms with Gasteiger partial charge in [0.25, 0.3) is 15.9 Å². The van der Waals surface area contributed by atoms with Crippen LogP contribution in [0.3, 0.4) is 0 Å². The maximum atomic E-state index is 12.6. The quantitative estimate of drug-likeness (QED) is 0.554. The zero-order valence-electron chi connectivity index (χ0n) is 15.6. The van der Waals surface area contributed by atoms with E-state index in [1.54, 1.807) is 49.4 Å². The molecule has 0 bridgehead atoms. The van der Waals surface area contributed by atoms with Gasteiger partial charge < -0.3 is 10.6 Å². The fraction of sp³-hybridized carbons (Fsp3) is 0.105. The third-order valence-corrected chi connectivity index (χ3v) is 6.27. The van der Waals surface area contributed by atoms with Crippen LogP contribution in [0, 0.1) is 6.92 Å². The predicted molar refractivity (Wildman–Crippen MR) is 113 cm³/mol. The second-order valence-electron chi connectivity index (χ2n) is 6.07. The molecule has 0 aliphatic heterocycles. The van der Waals surface area contributed by atoms with Crippen LogP contribution in [-0.2, 0) is 14.8 Å². The molecule has 10 heteroatoms. The molecule has 0 unspecified atom stereocenters. The highest BCUT2D eigenvalue weighted by Crippen LogP contribution is 2.26. The number of thiazole rings is 1. The first-order valence-corrected chi connectivity index (χ1v) is 10.8. The van der Waals surface area contributed by atoms with E-state index in [0.29, 0.717) is 17.1 Å². The van der Waals surface area contributed by atoms with Crippen LogP contribution in [0.15, 0.2) is 59.5 Å². The van der Waals surface area contributed by atoms with E-state index in [-0.39, 0.29) is 20.8 Å². The highest BCUT2D eigenvalue weighted by molar-refractivity contribution is 7.93. The first kappa shape index (κ1) is 20.5. The lowest BCUT2D eigenvalue weighted by molar-refractivity contribution is -0.114. The summed E-state index contributed by atoms with van der Waals surface area (Å²) in [6, 6.07) is 14.6. The molecule has 0 aliphatic carbocycles. The van der Waals surface area contributed by atoms with Crippen LogP contribution < -0.4 is 15.4 Å². The number of benzene rings is 2. The van der Waals surface area contributed by atoms with Crippen molar-refractivity contribution in [2.45, 2.75) is 18.7 Å². The molecular formula is C19H18N4O4S2. The Morgan fingerprint density at radius 1 is 0.966 bits per heavy atom. The zero-order valence-corrected chi connectivity index (χ0v) is 17.2. The van der Waals surface area contributed by atoms with Gasteiger partial charge in [-0.2, -0.15) is 0 Å². The number of anilines is 3. The predicted octanol–water partition coefficient (Wildman–Crippen LogP) is 3.46. The number of nitrogens with one attached hydrogen (secondary N) is 3. The van der Waals surface area contributed by atoms with Crippen LogP contribution in [-0.4, -0.2) is 25.2 Å². The van der Waals surface area contributed by atoms with Crippen molar-refractivity contribution >= 4 is 49.7 Å². The molecule has 0 radical (unpaired) electrons. The molecule has 0 atom stereocenters. The molecule has 8 nitrogen and oxygen atoms in total. The van der Waals surface area contributed by atoms with Gasteiger partial charge in [0.05, 0.1) is 10.6 Å². The van der Waals surface area contributed by atoms with Gasteiger partial charge in [-0.1, -0.05) is 35.6 Å². The maximum Gasteiger partial charge on any atom is 0.267 e. The monoisotopic (exact) mass is 430 g/mol. The number of amides is 2. The molecule has 2 aromatic carbocycles. The minimum atomic E-state index is -3.79. The standard InChI is InChI=1S/C19H18N4O4S2/c1-12-17(18(25)22-15-8-6-7-14(11-15)21-13(2)24)28-19(20-12)23-29(26,27)16-9-4-3-5-10-16/h3-11H,1-2H3,(H,20,23)(H,21,24)(H,22,25). The second-order valence-corrected chi connectivity index (χ2v) is 8.75. The second kappa shape index (κ2) is 8.41. The van der Waals surface area contributed by atoms with E-state index in [1.165, 1.54) is 19.1 Å². The lowest BCUT2D eigenvalue weighted by Crippen LogP contribution is -2.12. The maximum absolute atomic E-state index is 12.6. The van der Waals surface area contributed by atoms with Crippen LogP contribution in [0.25, 0.3) is 0 Å². The molecule has 0 fully saturated rings. The molecule has 3 rings (SSSR count). The minimum Gasteiger partial charge on any atom is -0.326 e. The van der Waals surface area contributed by atoms with Crippen molar-refractivity contribution in [3.05, 3.63) is 65.2 Å². The van der Waals surface area contributed by atoms with E-state index in [1.807, 2.05) is 0 Å². The van der Waals surface area contributed by atoms with Crippen LogP contribution in [0.2, 0.25) is 0 Å². The summed E-state index contributed by atoms with van der Waals surface area (Å²) in [6.45, 7) is 3.02. The van der Waals surface area contributed by atoms with E-state index < -0.39 is 15.9 Å². The Balaban J connectivity index is 1.76. The Labute approximate surface area is 172 Å². The largest absolute Gasteiger partial charge is 0.326 e. The lowest BCUT2D eigenvalue weighted by atomic mass is 10.2. The number of hydrogen-bond donors (Lipinski definition) is 3. The topological polar surface area (TPSA) is 117 Å². The number of sulfonamides is 1. The SMILES string of the molecule is CC(=O)Nc1cccc(NC(=O)c2sc(NS(=O)(=O)c3ccccc3)nc2C)c1. The molecule has 150 valence electrons. The van der Waals surface area contributed by atoms with Crippen LogP contribution in [0.1, 0.15) is 22.3 Å². The molecule has 1 heterocycles. The van der Waals surface area contributed by atoms with Crippen molar-refractivity contribution in [1.29, 1.82) is 0 Å². The summed E-state index contributed by atoms with van der Waals surface area (Å²) < 4.78 is 27.3. The average molecular weight is 431 g/mol. The molecule has 0 saturated carbocycles. The molecule has 3 N–H and O–H groups in total. The van der Waals surface area contributed by atoms with Gasteiger partial charge in [0.1, 0.15) is 4.88 Å². The Morgan fingerprint density at radius 2 is 1.62 bits per heavy atom. The highest BCUT2D eigenvalue weighted by atomic mass is 32.2.